The van der Waals surface area contributed by atoms with Gasteiger partial charge in [0.1, 0.15) is 0 Å². The number of morpholine rings is 1. The van der Waals surface area contributed by atoms with Crippen LogP contribution >= 0.6 is 31.9 Å². The zero-order valence-corrected chi connectivity index (χ0v) is 17.0. The Labute approximate surface area is 167 Å². The average molecular weight is 475 g/mol. The minimum atomic E-state index is 0.157. The van der Waals surface area contributed by atoms with E-state index in [1.54, 1.807) is 0 Å². The fraction of sp³-hybridized carbons (Fsp3) is 0.200. The molecule has 3 heterocycles. The number of aromatic amines is 2. The van der Waals surface area contributed by atoms with E-state index in [0.717, 1.165) is 20.0 Å². The Bertz CT molecular complexity index is 1020. The summed E-state index contributed by atoms with van der Waals surface area (Å²) in [6.45, 7) is 1.35. The molecule has 0 spiro atoms. The van der Waals surface area contributed by atoms with Crippen molar-refractivity contribution in [1.82, 2.24) is 15.3 Å². The van der Waals surface area contributed by atoms with Gasteiger partial charge in [0, 0.05) is 43.1 Å². The molecule has 0 amide bonds. The highest BCUT2D eigenvalue weighted by atomic mass is 79.9. The molecule has 3 N–H and O–H groups in total. The van der Waals surface area contributed by atoms with Crippen molar-refractivity contribution in [2.75, 3.05) is 13.2 Å². The van der Waals surface area contributed by atoms with Gasteiger partial charge in [0.25, 0.3) is 0 Å². The molecule has 1 aliphatic rings. The molecule has 6 heteroatoms. The van der Waals surface area contributed by atoms with Gasteiger partial charge < -0.3 is 14.7 Å². The summed E-state index contributed by atoms with van der Waals surface area (Å²) >= 11 is 7.07. The fourth-order valence-corrected chi connectivity index (χ4v) is 4.54. The summed E-state index contributed by atoms with van der Waals surface area (Å²) in [5.74, 6) is 0. The summed E-state index contributed by atoms with van der Waals surface area (Å²) < 4.78 is 8.13. The zero-order chi connectivity index (χ0) is 17.7. The molecule has 26 heavy (non-hydrogen) atoms. The third-order valence-electron chi connectivity index (χ3n) is 5.07. The van der Waals surface area contributed by atoms with Crippen LogP contribution in [-0.4, -0.2) is 23.2 Å². The smallest absolute Gasteiger partial charge is 0.0663 e. The van der Waals surface area contributed by atoms with Gasteiger partial charge in [0.05, 0.1) is 25.3 Å². The molecule has 4 nitrogen and oxygen atoms in total. The summed E-state index contributed by atoms with van der Waals surface area (Å²) in [6.07, 6.45) is 4.18. The number of nitrogens with one attached hydrogen (secondary N) is 3. The Hall–Kier alpha value is -1.60. The summed E-state index contributed by atoms with van der Waals surface area (Å²) in [4.78, 5) is 6.75. The van der Waals surface area contributed by atoms with Crippen LogP contribution in [0.5, 0.6) is 0 Å². The maximum Gasteiger partial charge on any atom is 0.0663 e. The van der Waals surface area contributed by atoms with E-state index >= 15 is 0 Å². The first-order chi connectivity index (χ1) is 12.7. The first-order valence-electron chi connectivity index (χ1n) is 8.56. The summed E-state index contributed by atoms with van der Waals surface area (Å²) in [5, 5.41) is 6.25. The van der Waals surface area contributed by atoms with Crippen molar-refractivity contribution in [1.29, 1.82) is 0 Å². The van der Waals surface area contributed by atoms with Crippen molar-refractivity contribution in [3.05, 3.63) is 68.9 Å². The standard InChI is InChI=1S/C20H17Br2N3O/c21-11-1-3-13-15(7-23-17(13)5-11)19-9-26-10-20(25-19)16-8-24-18-6-12(22)2-4-14(16)18/h1-8,19-20,23-25H,9-10H2. The molecule has 0 radical (unpaired) electrons. The van der Waals surface area contributed by atoms with Crippen molar-refractivity contribution in [2.45, 2.75) is 12.1 Å². The number of benzene rings is 2. The molecule has 0 aliphatic carbocycles. The molecule has 5 rings (SSSR count). The number of rotatable bonds is 2. The van der Waals surface area contributed by atoms with Gasteiger partial charge in [-0.25, -0.2) is 0 Å². The Morgan fingerprint density at radius 3 is 1.77 bits per heavy atom. The zero-order valence-electron chi connectivity index (χ0n) is 13.9. The Morgan fingerprint density at radius 2 is 1.27 bits per heavy atom. The Morgan fingerprint density at radius 1 is 0.769 bits per heavy atom. The van der Waals surface area contributed by atoms with Crippen molar-refractivity contribution in [3.63, 3.8) is 0 Å². The summed E-state index contributed by atoms with van der Waals surface area (Å²) in [7, 11) is 0. The lowest BCUT2D eigenvalue weighted by Crippen LogP contribution is -2.37. The molecule has 4 aromatic rings. The van der Waals surface area contributed by atoms with Gasteiger partial charge in [-0.2, -0.15) is 0 Å². The topological polar surface area (TPSA) is 52.8 Å². The monoisotopic (exact) mass is 473 g/mol. The van der Waals surface area contributed by atoms with Crippen LogP contribution in [0, 0.1) is 0 Å². The van der Waals surface area contributed by atoms with Crippen LogP contribution in [0.1, 0.15) is 23.2 Å². The van der Waals surface area contributed by atoms with Gasteiger partial charge in [0.2, 0.25) is 0 Å². The van der Waals surface area contributed by atoms with Crippen LogP contribution in [0.3, 0.4) is 0 Å². The molecular formula is C20H17Br2N3O. The van der Waals surface area contributed by atoms with E-state index in [4.69, 9.17) is 4.74 Å². The van der Waals surface area contributed by atoms with E-state index in [1.165, 1.54) is 21.9 Å². The second-order valence-corrected chi connectivity index (χ2v) is 8.51. The van der Waals surface area contributed by atoms with Crippen LogP contribution < -0.4 is 5.32 Å². The molecule has 2 unspecified atom stereocenters. The van der Waals surface area contributed by atoms with E-state index in [1.807, 2.05) is 0 Å². The van der Waals surface area contributed by atoms with E-state index in [-0.39, 0.29) is 12.1 Å². The minimum absolute atomic E-state index is 0.157. The van der Waals surface area contributed by atoms with Gasteiger partial charge in [0.15, 0.2) is 0 Å². The van der Waals surface area contributed by atoms with Crippen molar-refractivity contribution in [2.24, 2.45) is 0 Å². The normalized spacial score (nSPS) is 20.8. The van der Waals surface area contributed by atoms with Crippen LogP contribution in [0.25, 0.3) is 21.8 Å². The third-order valence-corrected chi connectivity index (χ3v) is 6.06. The van der Waals surface area contributed by atoms with Gasteiger partial charge >= 0.3 is 0 Å². The predicted octanol–water partition coefficient (Wildman–Crippen LogP) is 5.58. The number of H-pyrrole nitrogens is 2. The minimum Gasteiger partial charge on any atom is -0.377 e. The lowest BCUT2D eigenvalue weighted by atomic mass is 10.0. The van der Waals surface area contributed by atoms with Gasteiger partial charge in [-0.15, -0.1) is 0 Å². The van der Waals surface area contributed by atoms with Crippen LogP contribution in [-0.2, 0) is 4.74 Å². The number of fused-ring (bicyclic) bond motifs is 2. The predicted molar refractivity (Wildman–Crippen MR) is 111 cm³/mol. The third kappa shape index (κ3) is 2.81. The van der Waals surface area contributed by atoms with E-state index in [2.05, 4.69) is 95.9 Å². The Balaban J connectivity index is 1.49. The van der Waals surface area contributed by atoms with Gasteiger partial charge in [-0.3, -0.25) is 5.32 Å². The van der Waals surface area contributed by atoms with Gasteiger partial charge in [-0.1, -0.05) is 44.0 Å². The molecule has 2 aromatic carbocycles. The molecule has 2 aromatic heterocycles. The first kappa shape index (κ1) is 16.6. The largest absolute Gasteiger partial charge is 0.377 e. The quantitative estimate of drug-likeness (QED) is 0.355. The number of ether oxygens (including phenoxy) is 1. The molecule has 0 saturated carbocycles. The highest BCUT2D eigenvalue weighted by Crippen LogP contribution is 2.33. The lowest BCUT2D eigenvalue weighted by molar-refractivity contribution is 0.0456. The molecule has 1 fully saturated rings. The first-order valence-corrected chi connectivity index (χ1v) is 10.1. The van der Waals surface area contributed by atoms with Crippen molar-refractivity contribution in [3.8, 4) is 0 Å². The molecule has 2 atom stereocenters. The van der Waals surface area contributed by atoms with Crippen LogP contribution in [0.15, 0.2) is 57.7 Å². The van der Waals surface area contributed by atoms with Crippen LogP contribution in [0.2, 0.25) is 0 Å². The second kappa shape index (κ2) is 6.53. The maximum atomic E-state index is 5.98. The van der Waals surface area contributed by atoms with Crippen LogP contribution in [0.4, 0.5) is 0 Å². The fourth-order valence-electron chi connectivity index (χ4n) is 3.82. The Kier molecular flexibility index (Phi) is 4.16. The number of halogens is 2. The molecular weight excluding hydrogens is 458 g/mol. The molecule has 132 valence electrons. The lowest BCUT2D eigenvalue weighted by Gasteiger charge is -2.31. The van der Waals surface area contributed by atoms with E-state index < -0.39 is 0 Å². The van der Waals surface area contributed by atoms with Gasteiger partial charge in [-0.05, 0) is 35.4 Å². The number of hydrogen-bond donors (Lipinski definition) is 3. The summed E-state index contributed by atoms with van der Waals surface area (Å²) in [6, 6.07) is 13.0. The molecule has 0 bridgehead atoms. The highest BCUT2D eigenvalue weighted by Gasteiger charge is 2.27. The van der Waals surface area contributed by atoms with E-state index in [0.29, 0.717) is 13.2 Å². The van der Waals surface area contributed by atoms with Crippen molar-refractivity contribution >= 4 is 53.7 Å². The maximum absolute atomic E-state index is 5.98. The van der Waals surface area contributed by atoms with Crippen molar-refractivity contribution < 1.29 is 4.74 Å². The highest BCUT2D eigenvalue weighted by molar-refractivity contribution is 9.10. The number of hydrogen-bond acceptors (Lipinski definition) is 2. The number of aromatic nitrogens is 2. The van der Waals surface area contributed by atoms with E-state index in [9.17, 15) is 0 Å². The SMILES string of the molecule is Brc1ccc2c(C3COCC(c4c[nH]c5cc(Br)ccc45)N3)c[nH]c2c1. The molecule has 1 aliphatic heterocycles. The molecule has 1 saturated heterocycles. The average Bonchev–Trinajstić information content (AvgIpc) is 3.25. The second-order valence-electron chi connectivity index (χ2n) is 6.68. The summed E-state index contributed by atoms with van der Waals surface area (Å²) in [5.41, 5.74) is 4.77.